The van der Waals surface area contributed by atoms with Gasteiger partial charge in [0.2, 0.25) is 0 Å². The molecule has 0 fully saturated rings. The zero-order valence-corrected chi connectivity index (χ0v) is 13.7. The van der Waals surface area contributed by atoms with Crippen molar-refractivity contribution in [2.75, 3.05) is 0 Å². The number of hydrogen-bond donors (Lipinski definition) is 0. The van der Waals surface area contributed by atoms with Crippen LogP contribution in [0.2, 0.25) is 0 Å². The quantitative estimate of drug-likeness (QED) is 0.623. The summed E-state index contributed by atoms with van der Waals surface area (Å²) >= 11 is 0. The van der Waals surface area contributed by atoms with Crippen LogP contribution >= 0.6 is 0 Å². The van der Waals surface area contributed by atoms with Gasteiger partial charge in [0.15, 0.2) is 11.6 Å². The number of unbranched alkanes of at least 4 members (excludes halogenated alkanes) is 2. The van der Waals surface area contributed by atoms with Crippen molar-refractivity contribution in [3.8, 4) is 0 Å². The third kappa shape index (κ3) is 3.73. The van der Waals surface area contributed by atoms with Crippen LogP contribution in [0.4, 0.5) is 0 Å². The van der Waals surface area contributed by atoms with Gasteiger partial charge in [-0.25, -0.2) is 0 Å². The van der Waals surface area contributed by atoms with Gasteiger partial charge in [0.25, 0.3) is 0 Å². The second kappa shape index (κ2) is 8.07. The Morgan fingerprint density at radius 1 is 1.05 bits per heavy atom. The lowest BCUT2D eigenvalue weighted by Crippen LogP contribution is -2.15. The first-order valence-corrected chi connectivity index (χ1v) is 8.53. The normalized spacial score (nSPS) is 18.1. The molecular weight excluding hydrogens is 272 g/mol. The molecule has 1 atom stereocenters. The highest BCUT2D eigenvalue weighted by molar-refractivity contribution is 6.09. The van der Waals surface area contributed by atoms with Crippen LogP contribution in [0, 0.1) is 5.92 Å². The minimum atomic E-state index is -0.215. The maximum absolute atomic E-state index is 12.8. The summed E-state index contributed by atoms with van der Waals surface area (Å²) in [7, 11) is 0. The van der Waals surface area contributed by atoms with E-state index in [1.165, 1.54) is 0 Å². The van der Waals surface area contributed by atoms with Crippen molar-refractivity contribution in [2.45, 2.75) is 58.8 Å². The van der Waals surface area contributed by atoms with Crippen LogP contribution in [0.25, 0.3) is 0 Å². The molecule has 1 aliphatic carbocycles. The van der Waals surface area contributed by atoms with Crippen LogP contribution in [0.5, 0.6) is 0 Å². The molecule has 22 heavy (non-hydrogen) atoms. The summed E-state index contributed by atoms with van der Waals surface area (Å²) in [5, 5.41) is 0. The predicted molar refractivity (Wildman–Crippen MR) is 90.0 cm³/mol. The number of rotatable bonds is 8. The molecule has 2 rings (SSSR count). The first-order chi connectivity index (χ1) is 10.7. The second-order valence-electron chi connectivity index (χ2n) is 6.12. The fourth-order valence-corrected chi connectivity index (χ4v) is 3.22. The molecule has 0 saturated heterocycles. The van der Waals surface area contributed by atoms with E-state index in [0.717, 1.165) is 55.2 Å². The molecule has 1 unspecified atom stereocenters. The van der Waals surface area contributed by atoms with Crippen molar-refractivity contribution in [2.24, 2.45) is 5.92 Å². The Morgan fingerprint density at radius 3 is 2.32 bits per heavy atom. The third-order valence-electron chi connectivity index (χ3n) is 4.49. The average Bonchev–Trinajstić information content (AvgIpc) is 2.86. The molecule has 1 aliphatic rings. The Hall–Kier alpha value is -1.70. The first-order valence-electron chi connectivity index (χ1n) is 8.53. The van der Waals surface area contributed by atoms with Crippen molar-refractivity contribution >= 4 is 11.6 Å². The van der Waals surface area contributed by atoms with Crippen molar-refractivity contribution in [1.82, 2.24) is 0 Å². The topological polar surface area (TPSA) is 34.1 Å². The van der Waals surface area contributed by atoms with E-state index in [2.05, 4.69) is 13.8 Å². The monoisotopic (exact) mass is 298 g/mol. The van der Waals surface area contributed by atoms with Crippen LogP contribution in [-0.4, -0.2) is 11.6 Å². The smallest absolute Gasteiger partial charge is 0.170 e. The summed E-state index contributed by atoms with van der Waals surface area (Å²) in [6.45, 7) is 4.29. The number of ketones is 2. The van der Waals surface area contributed by atoms with Gasteiger partial charge in [-0.05, 0) is 31.3 Å². The summed E-state index contributed by atoms with van der Waals surface area (Å²) in [6, 6.07) is 9.40. The Kier molecular flexibility index (Phi) is 6.11. The highest BCUT2D eigenvalue weighted by Gasteiger charge is 2.35. The van der Waals surface area contributed by atoms with Gasteiger partial charge < -0.3 is 0 Å². The zero-order chi connectivity index (χ0) is 15.9. The van der Waals surface area contributed by atoms with Crippen LogP contribution in [0.15, 0.2) is 41.5 Å². The van der Waals surface area contributed by atoms with E-state index < -0.39 is 0 Å². The SMILES string of the molecule is CCCCC1=C(CCCC)C(C(=O)c2ccccc2)CC1=O. The largest absolute Gasteiger partial charge is 0.295 e. The van der Waals surface area contributed by atoms with Gasteiger partial charge >= 0.3 is 0 Å². The van der Waals surface area contributed by atoms with E-state index in [9.17, 15) is 9.59 Å². The number of Topliss-reactive ketones (excluding diaryl/α,β-unsaturated/α-hetero) is 2. The maximum Gasteiger partial charge on any atom is 0.170 e. The van der Waals surface area contributed by atoms with Crippen LogP contribution in [0.1, 0.15) is 69.2 Å². The third-order valence-corrected chi connectivity index (χ3v) is 4.49. The highest BCUT2D eigenvalue weighted by atomic mass is 16.1. The molecule has 0 aromatic heterocycles. The number of carbonyl (C=O) groups excluding carboxylic acids is 2. The average molecular weight is 298 g/mol. The number of allylic oxidation sites excluding steroid dienone is 2. The van der Waals surface area contributed by atoms with Gasteiger partial charge in [0.1, 0.15) is 0 Å². The second-order valence-corrected chi connectivity index (χ2v) is 6.12. The van der Waals surface area contributed by atoms with Crippen LogP contribution < -0.4 is 0 Å². The molecule has 0 N–H and O–H groups in total. The van der Waals surface area contributed by atoms with Gasteiger partial charge in [-0.15, -0.1) is 0 Å². The van der Waals surface area contributed by atoms with Crippen molar-refractivity contribution in [1.29, 1.82) is 0 Å². The lowest BCUT2D eigenvalue weighted by Gasteiger charge is -2.14. The minimum Gasteiger partial charge on any atom is -0.295 e. The predicted octanol–water partition coefficient (Wildman–Crippen LogP) is 5.14. The van der Waals surface area contributed by atoms with Crippen LogP contribution in [-0.2, 0) is 4.79 Å². The Bertz CT molecular complexity index is 554. The van der Waals surface area contributed by atoms with E-state index in [-0.39, 0.29) is 17.5 Å². The summed E-state index contributed by atoms with van der Waals surface area (Å²) in [5.74, 6) is 0.105. The number of hydrogen-bond acceptors (Lipinski definition) is 2. The van der Waals surface area contributed by atoms with E-state index in [1.807, 2.05) is 30.3 Å². The number of carbonyl (C=O) groups is 2. The van der Waals surface area contributed by atoms with E-state index in [4.69, 9.17) is 0 Å². The fraction of sp³-hybridized carbons (Fsp3) is 0.500. The molecule has 2 nitrogen and oxygen atoms in total. The molecule has 0 amide bonds. The highest BCUT2D eigenvalue weighted by Crippen LogP contribution is 2.37. The molecular formula is C20H26O2. The lowest BCUT2D eigenvalue weighted by atomic mass is 9.88. The van der Waals surface area contributed by atoms with E-state index >= 15 is 0 Å². The molecule has 1 aromatic rings. The van der Waals surface area contributed by atoms with Crippen LogP contribution in [0.3, 0.4) is 0 Å². The van der Waals surface area contributed by atoms with Gasteiger partial charge in [-0.2, -0.15) is 0 Å². The first kappa shape index (κ1) is 16.7. The van der Waals surface area contributed by atoms with Gasteiger partial charge in [-0.3, -0.25) is 9.59 Å². The molecule has 118 valence electrons. The van der Waals surface area contributed by atoms with E-state index in [1.54, 1.807) is 0 Å². The fourth-order valence-electron chi connectivity index (χ4n) is 3.22. The Morgan fingerprint density at radius 2 is 1.68 bits per heavy atom. The molecule has 0 saturated carbocycles. The molecule has 0 aliphatic heterocycles. The summed E-state index contributed by atoms with van der Waals surface area (Å²) in [6.07, 6.45) is 6.36. The van der Waals surface area contributed by atoms with Crippen molar-refractivity contribution in [3.05, 3.63) is 47.0 Å². The summed E-state index contributed by atoms with van der Waals surface area (Å²) < 4.78 is 0. The molecule has 0 spiro atoms. The Labute approximate surface area is 133 Å². The van der Waals surface area contributed by atoms with Gasteiger partial charge in [0, 0.05) is 12.0 Å². The molecule has 1 aromatic carbocycles. The lowest BCUT2D eigenvalue weighted by molar-refractivity contribution is -0.115. The maximum atomic E-state index is 12.8. The zero-order valence-electron chi connectivity index (χ0n) is 13.7. The van der Waals surface area contributed by atoms with Gasteiger partial charge in [0.05, 0.1) is 5.92 Å². The summed E-state index contributed by atoms with van der Waals surface area (Å²) in [4.78, 5) is 25.2. The Balaban J connectivity index is 2.27. The minimum absolute atomic E-state index is 0.117. The van der Waals surface area contributed by atoms with Crippen molar-refractivity contribution in [3.63, 3.8) is 0 Å². The molecule has 0 radical (unpaired) electrons. The standard InChI is InChI=1S/C20H26O2/c1-3-5-12-16-17(13-6-4-2)19(21)14-18(16)20(22)15-10-8-7-9-11-15/h7-11,18H,3-6,12-14H2,1-2H3. The van der Waals surface area contributed by atoms with Gasteiger partial charge in [-0.1, -0.05) is 62.6 Å². The van der Waals surface area contributed by atoms with E-state index in [0.29, 0.717) is 6.42 Å². The molecule has 0 bridgehead atoms. The number of benzene rings is 1. The molecule has 2 heteroatoms. The summed E-state index contributed by atoms with van der Waals surface area (Å²) in [5.41, 5.74) is 2.82. The van der Waals surface area contributed by atoms with Crippen molar-refractivity contribution < 1.29 is 9.59 Å². The molecule has 0 heterocycles.